The molecule has 1 aliphatic carbocycles. The van der Waals surface area contributed by atoms with Crippen molar-refractivity contribution in [3.8, 4) is 0 Å². The van der Waals surface area contributed by atoms with E-state index in [0.717, 1.165) is 37.1 Å². The molecule has 0 radical (unpaired) electrons. The van der Waals surface area contributed by atoms with E-state index in [4.69, 9.17) is 4.42 Å². The van der Waals surface area contributed by atoms with E-state index in [2.05, 4.69) is 20.3 Å². The number of hydrogen-bond acceptors (Lipinski definition) is 6. The first-order valence-electron chi connectivity index (χ1n) is 8.98. The lowest BCUT2D eigenvalue weighted by Gasteiger charge is -2.24. The maximum atomic E-state index is 13.2. The van der Waals surface area contributed by atoms with Crippen LogP contribution in [0.1, 0.15) is 47.1 Å². The van der Waals surface area contributed by atoms with Crippen LogP contribution in [0.5, 0.6) is 0 Å². The van der Waals surface area contributed by atoms with Crippen molar-refractivity contribution in [3.63, 3.8) is 0 Å². The van der Waals surface area contributed by atoms with Gasteiger partial charge in [0.15, 0.2) is 5.65 Å². The molecule has 5 rings (SSSR count). The molecule has 0 bridgehead atoms. The molecule has 1 saturated heterocycles. The van der Waals surface area contributed by atoms with Gasteiger partial charge in [0.2, 0.25) is 11.8 Å². The summed E-state index contributed by atoms with van der Waals surface area (Å²) < 4.78 is 7.44. The van der Waals surface area contributed by atoms with Crippen LogP contribution in [0, 0.1) is 19.8 Å². The minimum Gasteiger partial charge on any atom is -0.425 e. The number of carbonyl (C=O) groups excluding carboxylic acids is 1. The predicted molar refractivity (Wildman–Crippen MR) is 91.7 cm³/mol. The van der Waals surface area contributed by atoms with Crippen LogP contribution in [0.3, 0.4) is 0 Å². The zero-order chi connectivity index (χ0) is 17.9. The summed E-state index contributed by atoms with van der Waals surface area (Å²) >= 11 is 0. The molecule has 2 aliphatic rings. The van der Waals surface area contributed by atoms with Gasteiger partial charge >= 0.3 is 0 Å². The Kier molecular flexibility index (Phi) is 3.19. The third-order valence-electron chi connectivity index (χ3n) is 5.91. The number of aryl methyl sites for hydroxylation is 2. The molecule has 2 atom stereocenters. The van der Waals surface area contributed by atoms with Crippen LogP contribution in [-0.2, 0) is 5.41 Å². The molecule has 2 fully saturated rings. The Morgan fingerprint density at radius 2 is 2.23 bits per heavy atom. The molecule has 8 heteroatoms. The van der Waals surface area contributed by atoms with E-state index >= 15 is 0 Å². The molecule has 0 aromatic carbocycles. The lowest BCUT2D eigenvalue weighted by molar-refractivity contribution is 0.0773. The number of rotatable bonds is 2. The molecule has 134 valence electrons. The van der Waals surface area contributed by atoms with Crippen molar-refractivity contribution in [1.82, 2.24) is 29.7 Å². The lowest BCUT2D eigenvalue weighted by atomic mass is 9.80. The van der Waals surface area contributed by atoms with E-state index in [-0.39, 0.29) is 11.3 Å². The van der Waals surface area contributed by atoms with Crippen LogP contribution in [-0.4, -0.2) is 48.7 Å². The second kappa shape index (κ2) is 5.36. The molecule has 3 aromatic rings. The van der Waals surface area contributed by atoms with Crippen molar-refractivity contribution < 1.29 is 9.21 Å². The average Bonchev–Trinajstić information content (AvgIpc) is 3.35. The molecule has 26 heavy (non-hydrogen) atoms. The standard InChI is InChI=1S/C18H20N6O2/c1-11-14(9-24-15(20-11)5-7-19-24)16(25)23-8-13-4-3-6-18(13,10-23)17-22-21-12(2)26-17/h5,7,9,13H,3-4,6,8,10H2,1-2H3/t13-,18-/m0/s1. The molecule has 0 unspecified atom stereocenters. The van der Waals surface area contributed by atoms with Gasteiger partial charge in [-0.2, -0.15) is 5.10 Å². The van der Waals surface area contributed by atoms with E-state index in [1.165, 1.54) is 0 Å². The fourth-order valence-electron chi connectivity index (χ4n) is 4.61. The molecule has 1 amide bonds. The second-order valence-electron chi connectivity index (χ2n) is 7.43. The summed E-state index contributed by atoms with van der Waals surface area (Å²) in [5.74, 6) is 1.63. The third kappa shape index (κ3) is 2.11. The Bertz CT molecular complexity index is 1010. The van der Waals surface area contributed by atoms with Gasteiger partial charge in [-0.15, -0.1) is 10.2 Å². The zero-order valence-corrected chi connectivity index (χ0v) is 14.8. The predicted octanol–water partition coefficient (Wildman–Crippen LogP) is 1.92. The van der Waals surface area contributed by atoms with E-state index < -0.39 is 0 Å². The Morgan fingerprint density at radius 3 is 3.04 bits per heavy atom. The van der Waals surface area contributed by atoms with E-state index in [0.29, 0.717) is 29.8 Å². The molecular formula is C18H20N6O2. The monoisotopic (exact) mass is 352 g/mol. The second-order valence-corrected chi connectivity index (χ2v) is 7.43. The summed E-state index contributed by atoms with van der Waals surface area (Å²) in [5.41, 5.74) is 1.87. The molecular weight excluding hydrogens is 332 g/mol. The molecule has 4 heterocycles. The Labute approximate surface area is 150 Å². The van der Waals surface area contributed by atoms with Gasteiger partial charge in [-0.05, 0) is 25.7 Å². The number of nitrogens with zero attached hydrogens (tertiary/aromatic N) is 6. The first-order chi connectivity index (χ1) is 12.6. The van der Waals surface area contributed by atoms with Crippen LogP contribution in [0.2, 0.25) is 0 Å². The minimum atomic E-state index is -0.200. The number of amides is 1. The molecule has 3 aromatic heterocycles. The van der Waals surface area contributed by atoms with Gasteiger partial charge in [0.1, 0.15) is 0 Å². The van der Waals surface area contributed by atoms with Gasteiger partial charge < -0.3 is 9.32 Å². The molecule has 0 N–H and O–H groups in total. The van der Waals surface area contributed by atoms with Crippen LogP contribution < -0.4 is 0 Å². The van der Waals surface area contributed by atoms with E-state index in [9.17, 15) is 4.79 Å². The summed E-state index contributed by atoms with van der Waals surface area (Å²) in [7, 11) is 0. The van der Waals surface area contributed by atoms with E-state index in [1.54, 1.807) is 16.9 Å². The fourth-order valence-corrected chi connectivity index (χ4v) is 4.61. The van der Waals surface area contributed by atoms with Crippen LogP contribution in [0.4, 0.5) is 0 Å². The largest absolute Gasteiger partial charge is 0.425 e. The molecule has 8 nitrogen and oxygen atoms in total. The van der Waals surface area contributed by atoms with Crippen molar-refractivity contribution in [3.05, 3.63) is 41.5 Å². The van der Waals surface area contributed by atoms with Crippen LogP contribution >= 0.6 is 0 Å². The third-order valence-corrected chi connectivity index (χ3v) is 5.91. The highest BCUT2D eigenvalue weighted by Crippen LogP contribution is 2.50. The highest BCUT2D eigenvalue weighted by atomic mass is 16.4. The Balaban J connectivity index is 1.49. The highest BCUT2D eigenvalue weighted by molar-refractivity contribution is 5.95. The Hall–Kier alpha value is -2.77. The van der Waals surface area contributed by atoms with Gasteiger partial charge in [-0.25, -0.2) is 9.50 Å². The quantitative estimate of drug-likeness (QED) is 0.700. The SMILES string of the molecule is Cc1nnc([C@]23CCC[C@H]2CN(C(=O)c2cn4nccc4nc2C)C3)o1. The number of carbonyl (C=O) groups is 1. The summed E-state index contributed by atoms with van der Waals surface area (Å²) in [6, 6.07) is 1.83. The molecule has 1 aliphatic heterocycles. The summed E-state index contributed by atoms with van der Waals surface area (Å²) in [6.45, 7) is 5.02. The first-order valence-corrected chi connectivity index (χ1v) is 8.98. The van der Waals surface area contributed by atoms with Gasteiger partial charge in [-0.3, -0.25) is 4.79 Å². The first kappa shape index (κ1) is 15.5. The highest BCUT2D eigenvalue weighted by Gasteiger charge is 2.55. The van der Waals surface area contributed by atoms with E-state index in [1.807, 2.05) is 24.8 Å². The molecule has 0 spiro atoms. The van der Waals surface area contributed by atoms with Crippen molar-refractivity contribution in [2.24, 2.45) is 5.92 Å². The fraction of sp³-hybridized carbons (Fsp3) is 0.500. The smallest absolute Gasteiger partial charge is 0.257 e. The zero-order valence-electron chi connectivity index (χ0n) is 14.8. The van der Waals surface area contributed by atoms with Crippen molar-refractivity contribution in [2.45, 2.75) is 38.5 Å². The average molecular weight is 352 g/mol. The van der Waals surface area contributed by atoms with Crippen LogP contribution in [0.15, 0.2) is 22.9 Å². The maximum Gasteiger partial charge on any atom is 0.257 e. The normalized spacial score (nSPS) is 25.2. The number of likely N-dealkylation sites (tertiary alicyclic amines) is 1. The van der Waals surface area contributed by atoms with Gasteiger partial charge in [-0.1, -0.05) is 6.42 Å². The van der Waals surface area contributed by atoms with Crippen molar-refractivity contribution in [1.29, 1.82) is 0 Å². The topological polar surface area (TPSA) is 89.4 Å². The van der Waals surface area contributed by atoms with Crippen molar-refractivity contribution >= 4 is 11.6 Å². The number of aromatic nitrogens is 5. The van der Waals surface area contributed by atoms with Gasteiger partial charge in [0.25, 0.3) is 5.91 Å². The minimum absolute atomic E-state index is 0.00240. The Morgan fingerprint density at radius 1 is 1.35 bits per heavy atom. The summed E-state index contributed by atoms with van der Waals surface area (Å²) in [5, 5.41) is 12.5. The lowest BCUT2D eigenvalue weighted by Crippen LogP contribution is -2.35. The van der Waals surface area contributed by atoms with Crippen LogP contribution in [0.25, 0.3) is 5.65 Å². The number of hydrogen-bond donors (Lipinski definition) is 0. The van der Waals surface area contributed by atoms with Crippen molar-refractivity contribution in [2.75, 3.05) is 13.1 Å². The van der Waals surface area contributed by atoms with Gasteiger partial charge in [0, 0.05) is 32.3 Å². The number of fused-ring (bicyclic) bond motifs is 2. The summed E-state index contributed by atoms with van der Waals surface area (Å²) in [4.78, 5) is 19.6. The maximum absolute atomic E-state index is 13.2. The van der Waals surface area contributed by atoms with Gasteiger partial charge in [0.05, 0.1) is 22.9 Å². The summed E-state index contributed by atoms with van der Waals surface area (Å²) in [6.07, 6.45) is 6.66. The molecule has 1 saturated carbocycles.